The number of halogens is 2. The lowest BCUT2D eigenvalue weighted by molar-refractivity contribution is -0.142. The van der Waals surface area contributed by atoms with E-state index in [0.29, 0.717) is 38.3 Å². The Morgan fingerprint density at radius 2 is 2.00 bits per heavy atom. The zero-order chi connectivity index (χ0) is 15.7. The highest BCUT2D eigenvalue weighted by molar-refractivity contribution is 5.91. The SMILES string of the molecule is CC1=NOC(C(=O)N2CCN(c3ccc(F)cc3F)CC2)C1. The molecule has 0 bridgehead atoms. The van der Waals surface area contributed by atoms with Crippen LogP contribution in [0.2, 0.25) is 0 Å². The van der Waals surface area contributed by atoms with E-state index in [2.05, 4.69) is 5.16 Å². The molecule has 0 saturated carbocycles. The molecular weight excluding hydrogens is 292 g/mol. The first-order valence-electron chi connectivity index (χ1n) is 7.22. The average molecular weight is 309 g/mol. The number of oxime groups is 1. The van der Waals surface area contributed by atoms with Gasteiger partial charge in [-0.1, -0.05) is 5.16 Å². The Balaban J connectivity index is 1.59. The molecule has 1 fully saturated rings. The van der Waals surface area contributed by atoms with Gasteiger partial charge in [-0.25, -0.2) is 8.78 Å². The Morgan fingerprint density at radius 3 is 2.59 bits per heavy atom. The molecule has 0 aromatic heterocycles. The number of piperazine rings is 1. The van der Waals surface area contributed by atoms with Gasteiger partial charge in [-0.05, 0) is 19.1 Å². The molecule has 1 aromatic rings. The Morgan fingerprint density at radius 1 is 1.27 bits per heavy atom. The minimum absolute atomic E-state index is 0.0835. The van der Waals surface area contributed by atoms with E-state index in [-0.39, 0.29) is 5.91 Å². The van der Waals surface area contributed by atoms with E-state index in [0.717, 1.165) is 11.8 Å². The van der Waals surface area contributed by atoms with Crippen LogP contribution in [0.5, 0.6) is 0 Å². The summed E-state index contributed by atoms with van der Waals surface area (Å²) in [7, 11) is 0. The van der Waals surface area contributed by atoms with Gasteiger partial charge in [0.25, 0.3) is 5.91 Å². The van der Waals surface area contributed by atoms with Gasteiger partial charge in [-0.15, -0.1) is 0 Å². The van der Waals surface area contributed by atoms with Crippen molar-refractivity contribution in [1.82, 2.24) is 4.90 Å². The van der Waals surface area contributed by atoms with Crippen LogP contribution in [0, 0.1) is 11.6 Å². The third-order valence-corrected chi connectivity index (χ3v) is 3.93. The fourth-order valence-corrected chi connectivity index (χ4v) is 2.74. The summed E-state index contributed by atoms with van der Waals surface area (Å²) in [5.74, 6) is -1.26. The van der Waals surface area contributed by atoms with Crippen molar-refractivity contribution < 1.29 is 18.4 Å². The van der Waals surface area contributed by atoms with Crippen molar-refractivity contribution in [2.24, 2.45) is 5.16 Å². The molecule has 0 aliphatic carbocycles. The standard InChI is InChI=1S/C15H17F2N3O2/c1-10-8-14(22-18-10)15(21)20-6-4-19(5-7-20)13-3-2-11(16)9-12(13)17/h2-3,9,14H,4-8H2,1H3. The highest BCUT2D eigenvalue weighted by atomic mass is 19.1. The number of carbonyl (C=O) groups excluding carboxylic acids is 1. The fourth-order valence-electron chi connectivity index (χ4n) is 2.74. The molecule has 1 aromatic carbocycles. The maximum atomic E-state index is 13.8. The van der Waals surface area contributed by atoms with Gasteiger partial charge in [0.2, 0.25) is 6.10 Å². The molecule has 7 heteroatoms. The molecule has 1 atom stereocenters. The first-order chi connectivity index (χ1) is 10.5. The minimum atomic E-state index is -0.594. The topological polar surface area (TPSA) is 45.1 Å². The monoisotopic (exact) mass is 309 g/mol. The smallest absolute Gasteiger partial charge is 0.267 e. The summed E-state index contributed by atoms with van der Waals surface area (Å²) in [5, 5.41) is 3.79. The lowest BCUT2D eigenvalue weighted by Crippen LogP contribution is -2.51. The quantitative estimate of drug-likeness (QED) is 0.836. The van der Waals surface area contributed by atoms with Gasteiger partial charge in [-0.2, -0.15) is 0 Å². The summed E-state index contributed by atoms with van der Waals surface area (Å²) < 4.78 is 26.7. The molecule has 22 heavy (non-hydrogen) atoms. The summed E-state index contributed by atoms with van der Waals surface area (Å²) in [6, 6.07) is 3.54. The predicted octanol–water partition coefficient (Wildman–Crippen LogP) is 1.78. The molecular formula is C15H17F2N3O2. The van der Waals surface area contributed by atoms with Crippen molar-refractivity contribution in [3.8, 4) is 0 Å². The number of nitrogens with zero attached hydrogens (tertiary/aromatic N) is 3. The van der Waals surface area contributed by atoms with Crippen molar-refractivity contribution in [2.75, 3.05) is 31.1 Å². The normalized spacial score (nSPS) is 21.6. The Bertz CT molecular complexity index is 613. The Kier molecular flexibility index (Phi) is 3.96. The molecule has 5 nitrogen and oxygen atoms in total. The Hall–Kier alpha value is -2.18. The number of rotatable bonds is 2. The largest absolute Gasteiger partial charge is 0.382 e. The number of amides is 1. The summed E-state index contributed by atoms with van der Waals surface area (Å²) >= 11 is 0. The van der Waals surface area contributed by atoms with E-state index < -0.39 is 17.7 Å². The maximum Gasteiger partial charge on any atom is 0.267 e. The molecule has 118 valence electrons. The van der Waals surface area contributed by atoms with Crippen LogP contribution in [-0.2, 0) is 9.63 Å². The van der Waals surface area contributed by atoms with Crippen LogP contribution in [0.1, 0.15) is 13.3 Å². The highest BCUT2D eigenvalue weighted by Gasteiger charge is 2.32. The van der Waals surface area contributed by atoms with E-state index in [1.165, 1.54) is 12.1 Å². The second kappa shape index (κ2) is 5.90. The molecule has 3 rings (SSSR count). The third kappa shape index (κ3) is 2.88. The van der Waals surface area contributed by atoms with Crippen LogP contribution in [0.15, 0.2) is 23.4 Å². The van der Waals surface area contributed by atoms with Crippen LogP contribution in [-0.4, -0.2) is 48.8 Å². The van der Waals surface area contributed by atoms with E-state index in [1.807, 2.05) is 11.8 Å². The van der Waals surface area contributed by atoms with E-state index >= 15 is 0 Å². The number of anilines is 1. The number of carbonyl (C=O) groups is 1. The lowest BCUT2D eigenvalue weighted by atomic mass is 10.1. The molecule has 2 aliphatic rings. The van der Waals surface area contributed by atoms with E-state index in [4.69, 9.17) is 4.84 Å². The Labute approximate surface area is 127 Å². The van der Waals surface area contributed by atoms with E-state index in [9.17, 15) is 13.6 Å². The third-order valence-electron chi connectivity index (χ3n) is 3.93. The second-order valence-electron chi connectivity index (χ2n) is 5.53. The minimum Gasteiger partial charge on any atom is -0.382 e. The second-order valence-corrected chi connectivity index (χ2v) is 5.53. The number of hydrogen-bond acceptors (Lipinski definition) is 4. The van der Waals surface area contributed by atoms with E-state index in [1.54, 1.807) is 4.90 Å². The molecule has 0 spiro atoms. The van der Waals surface area contributed by atoms with Crippen LogP contribution in [0.3, 0.4) is 0 Å². The number of benzene rings is 1. The molecule has 1 saturated heterocycles. The van der Waals surface area contributed by atoms with Gasteiger partial charge in [0, 0.05) is 38.7 Å². The van der Waals surface area contributed by atoms with Gasteiger partial charge in [0.1, 0.15) is 11.6 Å². The molecule has 1 amide bonds. The maximum absolute atomic E-state index is 13.8. The molecule has 2 aliphatic heterocycles. The summed E-state index contributed by atoms with van der Waals surface area (Å²) in [6.07, 6.45) is -0.0138. The molecule has 1 unspecified atom stereocenters. The van der Waals surface area contributed by atoms with Crippen molar-refractivity contribution in [3.63, 3.8) is 0 Å². The predicted molar refractivity (Wildman–Crippen MR) is 77.8 cm³/mol. The highest BCUT2D eigenvalue weighted by Crippen LogP contribution is 2.22. The average Bonchev–Trinajstić information content (AvgIpc) is 2.93. The van der Waals surface area contributed by atoms with Gasteiger partial charge in [0.15, 0.2) is 0 Å². The number of hydrogen-bond donors (Lipinski definition) is 0. The van der Waals surface area contributed by atoms with Crippen LogP contribution in [0.4, 0.5) is 14.5 Å². The van der Waals surface area contributed by atoms with Crippen molar-refractivity contribution >= 4 is 17.3 Å². The van der Waals surface area contributed by atoms with Gasteiger partial charge in [-0.3, -0.25) is 4.79 Å². The summed E-state index contributed by atoms with van der Waals surface area (Å²) in [5.41, 5.74) is 1.18. The molecule has 0 N–H and O–H groups in total. The van der Waals surface area contributed by atoms with Gasteiger partial charge in [0.05, 0.1) is 11.4 Å². The van der Waals surface area contributed by atoms with Crippen molar-refractivity contribution in [2.45, 2.75) is 19.4 Å². The van der Waals surface area contributed by atoms with Crippen molar-refractivity contribution in [1.29, 1.82) is 0 Å². The fraction of sp³-hybridized carbons (Fsp3) is 0.467. The summed E-state index contributed by atoms with van der Waals surface area (Å²) in [6.45, 7) is 3.79. The van der Waals surface area contributed by atoms with Crippen molar-refractivity contribution in [3.05, 3.63) is 29.8 Å². The van der Waals surface area contributed by atoms with Crippen LogP contribution < -0.4 is 4.90 Å². The first-order valence-corrected chi connectivity index (χ1v) is 7.22. The molecule has 2 heterocycles. The first kappa shape index (κ1) is 14.7. The molecule has 0 radical (unpaired) electrons. The summed E-state index contributed by atoms with van der Waals surface area (Å²) in [4.78, 5) is 20.9. The van der Waals surface area contributed by atoms with Gasteiger partial charge >= 0.3 is 0 Å². The van der Waals surface area contributed by atoms with Gasteiger partial charge < -0.3 is 14.6 Å². The lowest BCUT2D eigenvalue weighted by Gasteiger charge is -2.36. The zero-order valence-electron chi connectivity index (χ0n) is 12.3. The van der Waals surface area contributed by atoms with Crippen LogP contribution in [0.25, 0.3) is 0 Å². The zero-order valence-corrected chi connectivity index (χ0v) is 12.3. The van der Waals surface area contributed by atoms with Crippen LogP contribution >= 0.6 is 0 Å².